The molecule has 0 unspecified atom stereocenters. The Bertz CT molecular complexity index is 364. The van der Waals surface area contributed by atoms with Gasteiger partial charge in [-0.15, -0.1) is 0 Å². The zero-order chi connectivity index (χ0) is 10.6. The summed E-state index contributed by atoms with van der Waals surface area (Å²) in [6.07, 6.45) is 1.94. The monoisotopic (exact) mass is 317 g/mol. The van der Waals surface area contributed by atoms with Gasteiger partial charge in [0.1, 0.15) is 0 Å². The molecule has 0 amide bonds. The lowest BCUT2D eigenvalue weighted by atomic mass is 10.1. The van der Waals surface area contributed by atoms with Crippen molar-refractivity contribution in [3.8, 4) is 0 Å². The molecule has 74 valence electrons. The van der Waals surface area contributed by atoms with Gasteiger partial charge < -0.3 is 5.21 Å². The first-order chi connectivity index (χ1) is 6.63. The summed E-state index contributed by atoms with van der Waals surface area (Å²) >= 11 is 6.57. The normalized spacial score (nSPS) is 11.2. The number of hydrogen-bond donors (Lipinski definition) is 1. The van der Waals surface area contributed by atoms with Crippen molar-refractivity contribution in [3.05, 3.63) is 38.8 Å². The zero-order valence-electron chi connectivity index (χ0n) is 7.54. The molecular weight excluding hydrogens is 310 g/mol. The molecule has 0 fully saturated rings. The minimum absolute atomic E-state index is 0.610. The van der Waals surface area contributed by atoms with Crippen molar-refractivity contribution in [1.29, 1.82) is 0 Å². The summed E-state index contributed by atoms with van der Waals surface area (Å²) in [6, 6.07) is 7.72. The van der Waals surface area contributed by atoms with Crippen LogP contribution in [0.3, 0.4) is 0 Å². The van der Waals surface area contributed by atoms with Crippen LogP contribution in [-0.4, -0.2) is 10.9 Å². The van der Waals surface area contributed by atoms with Gasteiger partial charge in [0.05, 0.1) is 9.10 Å². The fourth-order valence-corrected chi connectivity index (χ4v) is 1.53. The van der Waals surface area contributed by atoms with Crippen LogP contribution in [0.4, 0.5) is 0 Å². The lowest BCUT2D eigenvalue weighted by Crippen LogP contribution is -1.93. The zero-order valence-corrected chi connectivity index (χ0v) is 10.7. The van der Waals surface area contributed by atoms with Crippen molar-refractivity contribution in [2.24, 2.45) is 5.16 Å². The maximum absolute atomic E-state index is 8.56. The highest BCUT2D eigenvalue weighted by atomic mass is 79.9. The lowest BCUT2D eigenvalue weighted by Gasteiger charge is -1.98. The van der Waals surface area contributed by atoms with E-state index in [1.807, 2.05) is 30.3 Å². The molecule has 0 saturated carbocycles. The molecule has 0 atom stereocenters. The molecule has 1 N–H and O–H groups in total. The number of hydrogen-bond acceptors (Lipinski definition) is 2. The predicted octanol–water partition coefficient (Wildman–Crippen LogP) is 3.97. The average molecular weight is 319 g/mol. The second-order valence-corrected chi connectivity index (χ2v) is 5.51. The van der Waals surface area contributed by atoms with Gasteiger partial charge in [-0.3, -0.25) is 0 Å². The summed E-state index contributed by atoms with van der Waals surface area (Å²) in [5, 5.41) is 11.7. The van der Waals surface area contributed by atoms with E-state index in [-0.39, 0.29) is 0 Å². The topological polar surface area (TPSA) is 32.6 Å². The van der Waals surface area contributed by atoms with Crippen LogP contribution in [0.5, 0.6) is 0 Å². The molecule has 0 radical (unpaired) electrons. The van der Waals surface area contributed by atoms with Gasteiger partial charge in [0.15, 0.2) is 0 Å². The van der Waals surface area contributed by atoms with Gasteiger partial charge in [0.2, 0.25) is 0 Å². The first kappa shape index (κ1) is 11.5. The van der Waals surface area contributed by atoms with Gasteiger partial charge in [0, 0.05) is 0 Å². The molecular formula is C10H9Br2NO. The Hall–Kier alpha value is -0.610. The minimum atomic E-state index is 0.610. The Morgan fingerprint density at radius 2 is 1.86 bits per heavy atom. The molecule has 1 aromatic rings. The van der Waals surface area contributed by atoms with Gasteiger partial charge >= 0.3 is 0 Å². The maximum Gasteiger partial charge on any atom is 0.0836 e. The van der Waals surface area contributed by atoms with Crippen LogP contribution in [0.25, 0.3) is 6.08 Å². The van der Waals surface area contributed by atoms with Crippen LogP contribution < -0.4 is 0 Å². The number of benzene rings is 1. The smallest absolute Gasteiger partial charge is 0.0836 e. The molecule has 1 aromatic carbocycles. The summed E-state index contributed by atoms with van der Waals surface area (Å²) in [7, 11) is 0. The van der Waals surface area contributed by atoms with Crippen LogP contribution in [0.2, 0.25) is 0 Å². The van der Waals surface area contributed by atoms with Gasteiger partial charge in [-0.25, -0.2) is 0 Å². The van der Waals surface area contributed by atoms with Gasteiger partial charge in [-0.05, 0) is 56.0 Å². The second-order valence-electron chi connectivity index (χ2n) is 2.74. The molecule has 0 saturated heterocycles. The fourth-order valence-electron chi connectivity index (χ4n) is 1.00. The molecule has 0 aliphatic heterocycles. The van der Waals surface area contributed by atoms with Crippen LogP contribution in [-0.2, 0) is 0 Å². The van der Waals surface area contributed by atoms with Gasteiger partial charge in [0.25, 0.3) is 0 Å². The van der Waals surface area contributed by atoms with Crippen molar-refractivity contribution < 1.29 is 5.21 Å². The van der Waals surface area contributed by atoms with E-state index < -0.39 is 0 Å². The molecule has 2 nitrogen and oxygen atoms in total. The van der Waals surface area contributed by atoms with Crippen LogP contribution in [0, 0.1) is 0 Å². The molecule has 0 aliphatic carbocycles. The highest BCUT2D eigenvalue weighted by Gasteiger charge is 1.96. The predicted molar refractivity (Wildman–Crippen MR) is 66.3 cm³/mol. The number of oxime groups is 1. The fraction of sp³-hybridized carbons (Fsp3) is 0.100. The first-order valence-electron chi connectivity index (χ1n) is 3.95. The molecule has 0 aromatic heterocycles. The number of rotatable bonds is 2. The Labute approximate surface area is 99.6 Å². The van der Waals surface area contributed by atoms with Gasteiger partial charge in [-0.1, -0.05) is 29.4 Å². The molecule has 0 spiro atoms. The number of nitrogens with zero attached hydrogens (tertiary/aromatic N) is 1. The van der Waals surface area contributed by atoms with E-state index in [1.54, 1.807) is 6.92 Å². The van der Waals surface area contributed by atoms with Crippen molar-refractivity contribution in [3.63, 3.8) is 0 Å². The van der Waals surface area contributed by atoms with Crippen molar-refractivity contribution in [2.45, 2.75) is 6.92 Å². The summed E-state index contributed by atoms with van der Waals surface area (Å²) < 4.78 is 0.894. The SMILES string of the molecule is CC(=NO)c1ccc(C=C(Br)Br)cc1. The average Bonchev–Trinajstić information content (AvgIpc) is 2.17. The molecule has 1 rings (SSSR count). The molecule has 0 aliphatic rings. The third-order valence-electron chi connectivity index (χ3n) is 1.75. The summed E-state index contributed by atoms with van der Waals surface area (Å²) in [4.78, 5) is 0. The van der Waals surface area contributed by atoms with Crippen molar-refractivity contribution in [1.82, 2.24) is 0 Å². The summed E-state index contributed by atoms with van der Waals surface area (Å²) in [5.41, 5.74) is 2.59. The van der Waals surface area contributed by atoms with Crippen molar-refractivity contribution >= 4 is 43.6 Å². The van der Waals surface area contributed by atoms with Crippen LogP contribution >= 0.6 is 31.9 Å². The third-order valence-corrected chi connectivity index (χ3v) is 2.21. The maximum atomic E-state index is 8.56. The second kappa shape index (κ2) is 5.32. The minimum Gasteiger partial charge on any atom is -0.411 e. The summed E-state index contributed by atoms with van der Waals surface area (Å²) in [6.45, 7) is 1.76. The Balaban J connectivity index is 2.95. The molecule has 4 heteroatoms. The van der Waals surface area contributed by atoms with E-state index in [0.29, 0.717) is 5.71 Å². The quantitative estimate of drug-likeness (QED) is 0.499. The first-order valence-corrected chi connectivity index (χ1v) is 5.54. The van der Waals surface area contributed by atoms with E-state index in [4.69, 9.17) is 5.21 Å². The summed E-state index contributed by atoms with van der Waals surface area (Å²) in [5.74, 6) is 0. The van der Waals surface area contributed by atoms with Crippen LogP contribution in [0.15, 0.2) is 32.8 Å². The highest BCUT2D eigenvalue weighted by Crippen LogP contribution is 2.18. The Kier molecular flexibility index (Phi) is 4.35. The van der Waals surface area contributed by atoms with E-state index in [1.165, 1.54) is 0 Å². The highest BCUT2D eigenvalue weighted by molar-refractivity contribution is 9.28. The van der Waals surface area contributed by atoms with E-state index >= 15 is 0 Å². The van der Waals surface area contributed by atoms with Gasteiger partial charge in [-0.2, -0.15) is 0 Å². The Morgan fingerprint density at radius 1 is 1.29 bits per heavy atom. The molecule has 0 bridgehead atoms. The lowest BCUT2D eigenvalue weighted by molar-refractivity contribution is 0.319. The third kappa shape index (κ3) is 3.27. The molecule has 14 heavy (non-hydrogen) atoms. The van der Waals surface area contributed by atoms with Crippen LogP contribution in [0.1, 0.15) is 18.1 Å². The van der Waals surface area contributed by atoms with E-state index in [9.17, 15) is 0 Å². The Morgan fingerprint density at radius 3 is 2.29 bits per heavy atom. The van der Waals surface area contributed by atoms with E-state index in [0.717, 1.165) is 14.5 Å². The van der Waals surface area contributed by atoms with E-state index in [2.05, 4.69) is 37.0 Å². The standard InChI is InChI=1S/C10H9Br2NO/c1-7(13-14)9-4-2-8(3-5-9)6-10(11)12/h2-6,14H,1H3. The van der Waals surface area contributed by atoms with Crippen molar-refractivity contribution in [2.75, 3.05) is 0 Å². The molecule has 0 heterocycles. The largest absolute Gasteiger partial charge is 0.411 e. The number of halogens is 2.